The van der Waals surface area contributed by atoms with E-state index in [9.17, 15) is 14.4 Å². The fourth-order valence-electron chi connectivity index (χ4n) is 2.78. The third kappa shape index (κ3) is 4.06. The van der Waals surface area contributed by atoms with Gasteiger partial charge in [0, 0.05) is 11.3 Å². The summed E-state index contributed by atoms with van der Waals surface area (Å²) in [6.07, 6.45) is 0.861. The lowest BCUT2D eigenvalue weighted by Crippen LogP contribution is -2.23. The minimum Gasteiger partial charge on any atom is -0.447 e. The smallest absolute Gasteiger partial charge is 0.414 e. The van der Waals surface area contributed by atoms with Gasteiger partial charge in [-0.25, -0.2) is 9.59 Å². The summed E-state index contributed by atoms with van der Waals surface area (Å²) in [6.45, 7) is 5.10. The SMILES string of the molecule is CCC.O=C(Nc1cccc2[nH]c(=O)[nH]c12)c1ccc(N2CCOC2=O)cc1. The minimum atomic E-state index is -0.389. The molecule has 0 unspecified atom stereocenters. The van der Waals surface area contributed by atoms with Crippen LogP contribution in [-0.4, -0.2) is 35.1 Å². The minimum absolute atomic E-state index is 0.315. The molecule has 0 atom stereocenters. The van der Waals surface area contributed by atoms with Crippen LogP contribution in [0.3, 0.4) is 0 Å². The summed E-state index contributed by atoms with van der Waals surface area (Å²) in [5, 5.41) is 2.78. The Labute approximate surface area is 161 Å². The van der Waals surface area contributed by atoms with Crippen molar-refractivity contribution in [3.63, 3.8) is 0 Å². The summed E-state index contributed by atoms with van der Waals surface area (Å²) in [5.41, 5.74) is 2.44. The summed E-state index contributed by atoms with van der Waals surface area (Å²) in [6, 6.07) is 11.8. The molecule has 2 amide bonds. The monoisotopic (exact) mass is 382 g/mol. The number of imidazole rings is 1. The molecule has 0 bridgehead atoms. The molecule has 0 saturated carbocycles. The number of benzene rings is 2. The first kappa shape index (κ1) is 19.2. The molecule has 0 radical (unpaired) electrons. The van der Waals surface area contributed by atoms with Crippen LogP contribution in [0, 0.1) is 0 Å². The number of rotatable bonds is 3. The van der Waals surface area contributed by atoms with E-state index in [1.165, 1.54) is 11.3 Å². The second-order valence-electron chi connectivity index (χ2n) is 6.28. The van der Waals surface area contributed by atoms with Crippen LogP contribution in [0.5, 0.6) is 0 Å². The number of hydrogen-bond donors (Lipinski definition) is 3. The van der Waals surface area contributed by atoms with Crippen LogP contribution < -0.4 is 15.9 Å². The first-order valence-electron chi connectivity index (χ1n) is 9.10. The van der Waals surface area contributed by atoms with Crippen molar-refractivity contribution in [2.45, 2.75) is 20.3 Å². The van der Waals surface area contributed by atoms with Crippen molar-refractivity contribution >= 4 is 34.4 Å². The number of amides is 2. The molecule has 146 valence electrons. The zero-order valence-electron chi connectivity index (χ0n) is 15.7. The van der Waals surface area contributed by atoms with Crippen molar-refractivity contribution < 1.29 is 14.3 Å². The number of nitrogens with one attached hydrogen (secondary N) is 3. The van der Waals surface area contributed by atoms with Crippen LogP contribution in [0.15, 0.2) is 47.3 Å². The van der Waals surface area contributed by atoms with Crippen molar-refractivity contribution in [3.8, 4) is 0 Å². The van der Waals surface area contributed by atoms with Crippen molar-refractivity contribution in [2.24, 2.45) is 0 Å². The van der Waals surface area contributed by atoms with Crippen molar-refractivity contribution in [3.05, 3.63) is 58.5 Å². The van der Waals surface area contributed by atoms with Crippen LogP contribution in [0.25, 0.3) is 11.0 Å². The molecule has 1 aromatic heterocycles. The first-order chi connectivity index (χ1) is 13.5. The van der Waals surface area contributed by atoms with Crippen LogP contribution >= 0.6 is 0 Å². The number of para-hydroxylation sites is 1. The van der Waals surface area contributed by atoms with Crippen LogP contribution in [0.4, 0.5) is 16.2 Å². The molecular weight excluding hydrogens is 360 g/mol. The molecule has 2 heterocycles. The molecule has 1 saturated heterocycles. The molecule has 3 aromatic rings. The summed E-state index contributed by atoms with van der Waals surface area (Å²) in [7, 11) is 0. The third-order valence-corrected chi connectivity index (χ3v) is 4.00. The molecule has 8 heteroatoms. The number of H-pyrrole nitrogens is 2. The number of carbonyl (C=O) groups is 2. The molecule has 1 fully saturated rings. The number of nitrogens with zero attached hydrogens (tertiary/aromatic N) is 1. The lowest BCUT2D eigenvalue weighted by atomic mass is 10.1. The number of carbonyl (C=O) groups excluding carboxylic acids is 2. The number of anilines is 2. The summed E-state index contributed by atoms with van der Waals surface area (Å²) < 4.78 is 4.90. The number of fused-ring (bicyclic) bond motifs is 1. The lowest BCUT2D eigenvalue weighted by molar-refractivity contribution is 0.102. The van der Waals surface area contributed by atoms with Gasteiger partial charge < -0.3 is 20.0 Å². The van der Waals surface area contributed by atoms with Gasteiger partial charge in [-0.05, 0) is 36.4 Å². The van der Waals surface area contributed by atoms with E-state index in [1.807, 2.05) is 0 Å². The summed E-state index contributed by atoms with van der Waals surface area (Å²) in [5.74, 6) is -0.315. The largest absolute Gasteiger partial charge is 0.447 e. The number of cyclic esters (lactones) is 1. The maximum absolute atomic E-state index is 12.4. The average Bonchev–Trinajstić information content (AvgIpc) is 3.28. The van der Waals surface area contributed by atoms with Gasteiger partial charge in [-0.15, -0.1) is 0 Å². The molecule has 28 heavy (non-hydrogen) atoms. The zero-order valence-corrected chi connectivity index (χ0v) is 15.7. The molecule has 4 rings (SSSR count). The van der Waals surface area contributed by atoms with Crippen LogP contribution in [0.1, 0.15) is 30.6 Å². The number of hydrogen-bond acceptors (Lipinski definition) is 4. The number of ether oxygens (including phenoxy) is 1. The Hall–Kier alpha value is -3.55. The van der Waals surface area contributed by atoms with E-state index in [2.05, 4.69) is 29.1 Å². The van der Waals surface area contributed by atoms with Crippen molar-refractivity contribution in [2.75, 3.05) is 23.4 Å². The highest BCUT2D eigenvalue weighted by Crippen LogP contribution is 2.22. The Morgan fingerprint density at radius 1 is 1.11 bits per heavy atom. The maximum Gasteiger partial charge on any atom is 0.414 e. The highest BCUT2D eigenvalue weighted by molar-refractivity contribution is 6.08. The van der Waals surface area contributed by atoms with Gasteiger partial charge >= 0.3 is 11.8 Å². The van der Waals surface area contributed by atoms with Gasteiger partial charge in [0.1, 0.15) is 6.61 Å². The second-order valence-corrected chi connectivity index (χ2v) is 6.28. The normalized spacial score (nSPS) is 13.1. The maximum atomic E-state index is 12.4. The van der Waals surface area contributed by atoms with Crippen molar-refractivity contribution in [1.29, 1.82) is 0 Å². The van der Waals surface area contributed by atoms with E-state index >= 15 is 0 Å². The number of aromatic amines is 2. The van der Waals surface area contributed by atoms with Crippen molar-refractivity contribution in [1.82, 2.24) is 9.97 Å². The molecular formula is C20H22N4O4. The predicted molar refractivity (Wildman–Crippen MR) is 108 cm³/mol. The van der Waals surface area contributed by atoms with E-state index in [0.717, 1.165) is 0 Å². The van der Waals surface area contributed by atoms with Crippen LogP contribution in [0.2, 0.25) is 0 Å². The zero-order chi connectivity index (χ0) is 20.1. The Balaban J connectivity index is 0.000000706. The Kier molecular flexibility index (Phi) is 5.78. The quantitative estimate of drug-likeness (QED) is 0.644. The van der Waals surface area contributed by atoms with Gasteiger partial charge in [0.25, 0.3) is 5.91 Å². The molecule has 8 nitrogen and oxygen atoms in total. The molecule has 2 aromatic carbocycles. The molecule has 0 aliphatic carbocycles. The molecule has 3 N–H and O–H groups in total. The average molecular weight is 382 g/mol. The van der Waals surface area contributed by atoms with E-state index in [-0.39, 0.29) is 17.7 Å². The topological polar surface area (TPSA) is 107 Å². The van der Waals surface area contributed by atoms with Crippen LogP contribution in [-0.2, 0) is 4.74 Å². The van der Waals surface area contributed by atoms with Gasteiger partial charge in [0.15, 0.2) is 0 Å². The van der Waals surface area contributed by atoms with E-state index < -0.39 is 0 Å². The van der Waals surface area contributed by atoms with E-state index in [0.29, 0.717) is 41.1 Å². The lowest BCUT2D eigenvalue weighted by Gasteiger charge is -2.13. The highest BCUT2D eigenvalue weighted by atomic mass is 16.6. The van der Waals surface area contributed by atoms with Gasteiger partial charge in [0.2, 0.25) is 0 Å². The van der Waals surface area contributed by atoms with Gasteiger partial charge in [-0.3, -0.25) is 9.69 Å². The third-order valence-electron chi connectivity index (χ3n) is 4.00. The predicted octanol–water partition coefficient (Wildman–Crippen LogP) is 3.48. The van der Waals surface area contributed by atoms with Gasteiger partial charge in [0.05, 0.1) is 23.3 Å². The second kappa shape index (κ2) is 8.43. The molecule has 1 aliphatic heterocycles. The van der Waals surface area contributed by atoms with E-state index in [4.69, 9.17) is 4.74 Å². The standard InChI is InChI=1S/C17H14N4O4.C3H8/c22-15(18-12-2-1-3-13-14(12)20-16(23)19-13)10-4-6-11(7-5-10)21-8-9-25-17(21)24;1-3-2/h1-7H,8-9H2,(H,18,22)(H2,19,20,23);3H2,1-2H3. The van der Waals surface area contributed by atoms with E-state index in [1.54, 1.807) is 42.5 Å². The van der Waals surface area contributed by atoms with Gasteiger partial charge in [-0.2, -0.15) is 0 Å². The highest BCUT2D eigenvalue weighted by Gasteiger charge is 2.23. The summed E-state index contributed by atoms with van der Waals surface area (Å²) >= 11 is 0. The van der Waals surface area contributed by atoms with Gasteiger partial charge in [-0.1, -0.05) is 26.3 Å². The fraction of sp³-hybridized carbons (Fsp3) is 0.250. The Bertz CT molecular complexity index is 1040. The Morgan fingerprint density at radius 2 is 1.82 bits per heavy atom. The number of aromatic nitrogens is 2. The molecule has 0 spiro atoms. The Morgan fingerprint density at radius 3 is 2.46 bits per heavy atom. The first-order valence-corrected chi connectivity index (χ1v) is 9.10. The fourth-order valence-corrected chi connectivity index (χ4v) is 2.78. The summed E-state index contributed by atoms with van der Waals surface area (Å²) in [4.78, 5) is 42.2. The molecule has 1 aliphatic rings.